The maximum atomic E-state index is 12.7. The Morgan fingerprint density at radius 1 is 1.33 bits per heavy atom. The van der Waals surface area contributed by atoms with Crippen molar-refractivity contribution < 1.29 is 4.39 Å². The van der Waals surface area contributed by atoms with Gasteiger partial charge >= 0.3 is 0 Å². The van der Waals surface area contributed by atoms with E-state index in [2.05, 4.69) is 0 Å². The molecule has 0 aromatic rings. The Balaban J connectivity index is -0.000000270. The highest BCUT2D eigenvalue weighted by Gasteiger charge is 2.23. The lowest BCUT2D eigenvalue weighted by Gasteiger charge is -2.29. The number of piperidine rings is 1. The van der Waals surface area contributed by atoms with Gasteiger partial charge in [0, 0.05) is 12.6 Å². The van der Waals surface area contributed by atoms with Crippen molar-refractivity contribution >= 4 is 37.2 Å². The molecule has 0 saturated carbocycles. The van der Waals surface area contributed by atoms with Crippen LogP contribution in [0.2, 0.25) is 0 Å². The van der Waals surface area contributed by atoms with Crippen LogP contribution in [0.4, 0.5) is 4.39 Å². The zero-order valence-electron chi connectivity index (χ0n) is 6.90. The average molecular weight is 242 g/mol. The van der Waals surface area contributed by atoms with Crippen LogP contribution < -0.4 is 5.73 Å². The molecule has 0 aliphatic carbocycles. The molecule has 1 saturated heterocycles. The highest BCUT2D eigenvalue weighted by molar-refractivity contribution is 5.86. The summed E-state index contributed by atoms with van der Waals surface area (Å²) in [6.07, 6.45) is -0.0266. The van der Waals surface area contributed by atoms with Crippen LogP contribution in [0, 0.1) is 0 Å². The molecule has 0 bridgehead atoms. The first kappa shape index (κ1) is 18.5. The number of nitrogens with two attached hydrogens (primary N) is 1. The largest absolute Gasteiger partial charge is 0.325 e. The molecule has 0 aromatic carbocycles. The molecule has 6 heteroatoms. The smallest absolute Gasteiger partial charge is 0.128 e. The molecule has 12 heavy (non-hydrogen) atoms. The molecule has 0 spiro atoms. The molecular weight excluding hydrogens is 225 g/mol. The van der Waals surface area contributed by atoms with Crippen molar-refractivity contribution in [3.63, 3.8) is 0 Å². The van der Waals surface area contributed by atoms with Crippen molar-refractivity contribution in [2.75, 3.05) is 20.1 Å². The van der Waals surface area contributed by atoms with Gasteiger partial charge in [0.1, 0.15) is 6.17 Å². The second kappa shape index (κ2) is 8.32. The summed E-state index contributed by atoms with van der Waals surface area (Å²) in [5, 5.41) is 0. The molecule has 78 valence electrons. The van der Waals surface area contributed by atoms with Crippen molar-refractivity contribution in [1.29, 1.82) is 0 Å². The minimum atomic E-state index is -0.816. The Kier molecular flexibility index (Phi) is 12.8. The summed E-state index contributed by atoms with van der Waals surface area (Å²) >= 11 is 0. The van der Waals surface area contributed by atoms with Gasteiger partial charge in [0.25, 0.3) is 0 Å². The van der Waals surface area contributed by atoms with E-state index in [-0.39, 0.29) is 43.3 Å². The topological polar surface area (TPSA) is 29.3 Å². The monoisotopic (exact) mass is 240 g/mol. The Morgan fingerprint density at radius 2 is 1.83 bits per heavy atom. The van der Waals surface area contributed by atoms with E-state index in [4.69, 9.17) is 5.73 Å². The van der Waals surface area contributed by atoms with E-state index in [9.17, 15) is 4.39 Å². The van der Waals surface area contributed by atoms with E-state index in [0.717, 1.165) is 13.0 Å². The molecule has 1 fully saturated rings. The highest BCUT2D eigenvalue weighted by atomic mass is 35.5. The van der Waals surface area contributed by atoms with E-state index in [1.54, 1.807) is 0 Å². The molecule has 1 aliphatic heterocycles. The van der Waals surface area contributed by atoms with E-state index >= 15 is 0 Å². The van der Waals surface area contributed by atoms with Gasteiger partial charge in [-0.1, -0.05) is 0 Å². The molecule has 1 rings (SSSR count). The van der Waals surface area contributed by atoms with Crippen LogP contribution in [0.3, 0.4) is 0 Å². The number of hydrogen-bond donors (Lipinski definition) is 1. The lowest BCUT2D eigenvalue weighted by molar-refractivity contribution is 0.141. The highest BCUT2D eigenvalue weighted by Crippen LogP contribution is 2.09. The lowest BCUT2D eigenvalue weighted by atomic mass is 10.1. The standard InChI is InChI=1S/C6H13FN2.3ClH/c1-9-3-2-6(8)5(7)4-9;;;/h5-6H,2-4,8H2,1H3;3*1H/t5-,6-;;;/m0.../s1. The number of nitrogens with zero attached hydrogens (tertiary/aromatic N) is 1. The van der Waals surface area contributed by atoms with Crippen molar-refractivity contribution in [2.24, 2.45) is 5.73 Å². The summed E-state index contributed by atoms with van der Waals surface area (Å²) < 4.78 is 12.7. The van der Waals surface area contributed by atoms with Gasteiger partial charge in [0.05, 0.1) is 0 Å². The third-order valence-corrected chi connectivity index (χ3v) is 1.79. The zero-order chi connectivity index (χ0) is 6.85. The van der Waals surface area contributed by atoms with Crippen LogP contribution in [0.5, 0.6) is 0 Å². The molecule has 0 unspecified atom stereocenters. The van der Waals surface area contributed by atoms with Crippen LogP contribution in [0.25, 0.3) is 0 Å². The Bertz CT molecular complexity index is 107. The summed E-state index contributed by atoms with van der Waals surface area (Å²) in [5.74, 6) is 0. The molecular formula is C6H16Cl3FN2. The second-order valence-electron chi connectivity index (χ2n) is 2.73. The van der Waals surface area contributed by atoms with E-state index < -0.39 is 6.17 Å². The van der Waals surface area contributed by atoms with Gasteiger partial charge in [-0.2, -0.15) is 0 Å². The second-order valence-corrected chi connectivity index (χ2v) is 2.73. The molecule has 0 aromatic heterocycles. The fraction of sp³-hybridized carbons (Fsp3) is 1.00. The summed E-state index contributed by atoms with van der Waals surface area (Å²) in [6.45, 7) is 1.43. The molecule has 2 nitrogen and oxygen atoms in total. The quantitative estimate of drug-likeness (QED) is 0.692. The maximum absolute atomic E-state index is 12.7. The van der Waals surface area contributed by atoms with Gasteiger partial charge in [-0.05, 0) is 20.0 Å². The van der Waals surface area contributed by atoms with E-state index in [0.29, 0.717) is 6.54 Å². The first-order valence-electron chi connectivity index (χ1n) is 3.28. The predicted molar refractivity (Wildman–Crippen MR) is 56.7 cm³/mol. The van der Waals surface area contributed by atoms with E-state index in [1.807, 2.05) is 11.9 Å². The minimum absolute atomic E-state index is 0. The number of likely N-dealkylation sites (tertiary alicyclic amines) is 1. The van der Waals surface area contributed by atoms with Gasteiger partial charge in [0.15, 0.2) is 0 Å². The van der Waals surface area contributed by atoms with Gasteiger partial charge in [-0.3, -0.25) is 0 Å². The summed E-state index contributed by atoms with van der Waals surface area (Å²) in [6, 6.07) is -0.221. The third kappa shape index (κ3) is 5.38. The molecule has 1 aliphatic rings. The normalized spacial score (nSPS) is 29.2. The van der Waals surface area contributed by atoms with Crippen molar-refractivity contribution in [2.45, 2.75) is 18.6 Å². The SMILES string of the molecule is CN1CC[C@H](N)[C@@H](F)C1.Cl.Cl.Cl. The molecule has 2 atom stereocenters. The predicted octanol–water partition coefficient (Wildman–Crippen LogP) is 1.25. The number of hydrogen-bond acceptors (Lipinski definition) is 2. The first-order valence-corrected chi connectivity index (χ1v) is 3.28. The Morgan fingerprint density at radius 3 is 2.17 bits per heavy atom. The number of alkyl halides is 1. The van der Waals surface area contributed by atoms with Crippen LogP contribution in [0.15, 0.2) is 0 Å². The summed E-state index contributed by atoms with van der Waals surface area (Å²) in [5.41, 5.74) is 5.44. The van der Waals surface area contributed by atoms with Crippen LogP contribution in [0.1, 0.15) is 6.42 Å². The molecule has 1 heterocycles. The Labute approximate surface area is 91.3 Å². The summed E-state index contributed by atoms with van der Waals surface area (Å²) in [4.78, 5) is 1.97. The fourth-order valence-electron chi connectivity index (χ4n) is 1.07. The molecule has 2 N–H and O–H groups in total. The Hall–Kier alpha value is 0.720. The maximum Gasteiger partial charge on any atom is 0.128 e. The van der Waals surface area contributed by atoms with Crippen molar-refractivity contribution in [3.8, 4) is 0 Å². The minimum Gasteiger partial charge on any atom is -0.325 e. The molecule has 0 radical (unpaired) electrons. The third-order valence-electron chi connectivity index (χ3n) is 1.79. The average Bonchev–Trinajstić information content (AvgIpc) is 1.80. The number of rotatable bonds is 0. The van der Waals surface area contributed by atoms with Crippen molar-refractivity contribution in [3.05, 3.63) is 0 Å². The van der Waals surface area contributed by atoms with Crippen LogP contribution in [-0.2, 0) is 0 Å². The first-order chi connectivity index (χ1) is 4.20. The van der Waals surface area contributed by atoms with E-state index in [1.165, 1.54) is 0 Å². The number of halogens is 4. The van der Waals surface area contributed by atoms with Gasteiger partial charge in [0.2, 0.25) is 0 Å². The summed E-state index contributed by atoms with van der Waals surface area (Å²) in [7, 11) is 1.92. The van der Waals surface area contributed by atoms with Crippen molar-refractivity contribution in [1.82, 2.24) is 4.90 Å². The van der Waals surface area contributed by atoms with Gasteiger partial charge in [-0.15, -0.1) is 37.2 Å². The lowest BCUT2D eigenvalue weighted by Crippen LogP contribution is -2.46. The van der Waals surface area contributed by atoms with Gasteiger partial charge in [-0.25, -0.2) is 4.39 Å². The van der Waals surface area contributed by atoms with Crippen LogP contribution >= 0.6 is 37.2 Å². The van der Waals surface area contributed by atoms with Crippen LogP contribution in [-0.4, -0.2) is 37.3 Å². The molecule has 0 amide bonds. The van der Waals surface area contributed by atoms with Gasteiger partial charge < -0.3 is 10.6 Å². The fourth-order valence-corrected chi connectivity index (χ4v) is 1.07. The zero-order valence-corrected chi connectivity index (χ0v) is 9.35.